The molecule has 19 heavy (non-hydrogen) atoms. The average Bonchev–Trinajstić information content (AvgIpc) is 2.41. The molecule has 0 radical (unpaired) electrons. The van der Waals surface area contributed by atoms with Crippen LogP contribution in [0.25, 0.3) is 0 Å². The third-order valence-electron chi connectivity index (χ3n) is 2.57. The van der Waals surface area contributed by atoms with Crippen molar-refractivity contribution in [2.45, 2.75) is 13.5 Å². The molecule has 1 amide bonds. The van der Waals surface area contributed by atoms with Gasteiger partial charge in [-0.3, -0.25) is 5.32 Å². The highest BCUT2D eigenvalue weighted by molar-refractivity contribution is 5.84. The zero-order valence-electron chi connectivity index (χ0n) is 10.5. The van der Waals surface area contributed by atoms with E-state index in [2.05, 4.69) is 5.32 Å². The highest BCUT2D eigenvalue weighted by atomic mass is 19.1. The van der Waals surface area contributed by atoms with Crippen molar-refractivity contribution in [3.8, 4) is 0 Å². The average molecular weight is 259 g/mol. The summed E-state index contributed by atoms with van der Waals surface area (Å²) in [5, 5.41) is 2.37. The fourth-order valence-electron chi connectivity index (χ4n) is 1.59. The van der Waals surface area contributed by atoms with Crippen LogP contribution in [0.1, 0.15) is 11.1 Å². The number of amides is 1. The highest BCUT2D eigenvalue weighted by Gasteiger charge is 2.07. The smallest absolute Gasteiger partial charge is 0.412 e. The molecular formula is C15H14FNO2. The minimum atomic E-state index is -0.674. The van der Waals surface area contributed by atoms with Gasteiger partial charge in [-0.2, -0.15) is 0 Å². The maximum atomic E-state index is 13.5. The fourth-order valence-corrected chi connectivity index (χ4v) is 1.59. The van der Waals surface area contributed by atoms with Crippen molar-refractivity contribution in [1.82, 2.24) is 0 Å². The fraction of sp³-hybridized carbons (Fsp3) is 0.133. The van der Waals surface area contributed by atoms with Crippen LogP contribution in [0.4, 0.5) is 14.9 Å². The van der Waals surface area contributed by atoms with Gasteiger partial charge in [-0.1, -0.05) is 36.4 Å². The number of hydrogen-bond donors (Lipinski definition) is 1. The number of rotatable bonds is 3. The Balaban J connectivity index is 1.91. The summed E-state index contributed by atoms with van der Waals surface area (Å²) in [6.07, 6.45) is -0.674. The van der Waals surface area contributed by atoms with E-state index in [-0.39, 0.29) is 12.3 Å². The van der Waals surface area contributed by atoms with E-state index >= 15 is 0 Å². The van der Waals surface area contributed by atoms with Gasteiger partial charge in [-0.15, -0.1) is 0 Å². The Kier molecular flexibility index (Phi) is 4.13. The molecule has 0 atom stereocenters. The molecule has 2 aromatic rings. The van der Waals surface area contributed by atoms with Crippen LogP contribution in [0.15, 0.2) is 48.5 Å². The van der Waals surface area contributed by atoms with Gasteiger partial charge in [-0.05, 0) is 30.2 Å². The molecule has 0 aliphatic carbocycles. The van der Waals surface area contributed by atoms with E-state index in [1.54, 1.807) is 13.0 Å². The Morgan fingerprint density at radius 1 is 1.21 bits per heavy atom. The molecule has 0 bridgehead atoms. The Morgan fingerprint density at radius 3 is 2.63 bits per heavy atom. The third kappa shape index (κ3) is 3.81. The molecule has 0 aliphatic rings. The topological polar surface area (TPSA) is 38.3 Å². The summed E-state index contributed by atoms with van der Waals surface area (Å²) in [5.74, 6) is -0.475. The summed E-state index contributed by atoms with van der Waals surface area (Å²) in [4.78, 5) is 11.5. The van der Waals surface area contributed by atoms with Gasteiger partial charge in [0.1, 0.15) is 12.4 Å². The second-order valence-corrected chi connectivity index (χ2v) is 4.17. The predicted octanol–water partition coefficient (Wildman–Crippen LogP) is 3.88. The first-order chi connectivity index (χ1) is 9.15. The molecule has 1 N–H and O–H groups in total. The minimum Gasteiger partial charge on any atom is -0.444 e. The van der Waals surface area contributed by atoms with E-state index in [4.69, 9.17) is 4.74 Å². The molecule has 0 heterocycles. The van der Waals surface area contributed by atoms with Gasteiger partial charge in [0, 0.05) is 0 Å². The molecule has 4 heteroatoms. The van der Waals surface area contributed by atoms with Crippen molar-refractivity contribution < 1.29 is 13.9 Å². The molecular weight excluding hydrogens is 245 g/mol. The number of halogens is 1. The molecule has 0 saturated heterocycles. The third-order valence-corrected chi connectivity index (χ3v) is 2.57. The van der Waals surface area contributed by atoms with Crippen molar-refractivity contribution >= 4 is 11.8 Å². The number of aryl methyl sites for hydroxylation is 1. The zero-order valence-corrected chi connectivity index (χ0v) is 10.5. The van der Waals surface area contributed by atoms with Crippen molar-refractivity contribution in [2.75, 3.05) is 5.32 Å². The van der Waals surface area contributed by atoms with Gasteiger partial charge in [0.25, 0.3) is 0 Å². The highest BCUT2D eigenvalue weighted by Crippen LogP contribution is 2.15. The van der Waals surface area contributed by atoms with E-state index in [1.807, 2.05) is 30.3 Å². The maximum absolute atomic E-state index is 13.5. The van der Waals surface area contributed by atoms with Crippen LogP contribution in [0, 0.1) is 12.7 Å². The first-order valence-electron chi connectivity index (χ1n) is 5.89. The number of carbonyl (C=O) groups is 1. The predicted molar refractivity (Wildman–Crippen MR) is 71.4 cm³/mol. The molecule has 0 aliphatic heterocycles. The number of carbonyl (C=O) groups excluding carboxylic acids is 1. The minimum absolute atomic E-state index is 0.115. The Hall–Kier alpha value is -2.36. The SMILES string of the molecule is Cc1ccc(NC(=O)OCc2ccccc2)c(F)c1. The van der Waals surface area contributed by atoms with E-state index in [0.29, 0.717) is 0 Å². The largest absolute Gasteiger partial charge is 0.444 e. The van der Waals surface area contributed by atoms with Crippen LogP contribution < -0.4 is 5.32 Å². The van der Waals surface area contributed by atoms with E-state index in [1.165, 1.54) is 12.1 Å². The summed E-state index contributed by atoms with van der Waals surface area (Å²) in [5.41, 5.74) is 1.78. The summed E-state index contributed by atoms with van der Waals surface area (Å²) in [6.45, 7) is 1.93. The molecule has 0 spiro atoms. The van der Waals surface area contributed by atoms with Crippen LogP contribution in [0.5, 0.6) is 0 Å². The zero-order chi connectivity index (χ0) is 13.7. The van der Waals surface area contributed by atoms with Crippen LogP contribution in [-0.2, 0) is 11.3 Å². The van der Waals surface area contributed by atoms with Gasteiger partial charge in [0.15, 0.2) is 0 Å². The normalized spacial score (nSPS) is 10.0. The lowest BCUT2D eigenvalue weighted by atomic mass is 10.2. The van der Waals surface area contributed by atoms with Gasteiger partial charge in [0.2, 0.25) is 0 Å². The van der Waals surface area contributed by atoms with Crippen LogP contribution in [0.3, 0.4) is 0 Å². The molecule has 0 saturated carbocycles. The second kappa shape index (κ2) is 6.00. The first-order valence-corrected chi connectivity index (χ1v) is 5.89. The molecule has 98 valence electrons. The summed E-state index contributed by atoms with van der Waals surface area (Å²) in [7, 11) is 0. The summed E-state index contributed by atoms with van der Waals surface area (Å²) >= 11 is 0. The Morgan fingerprint density at radius 2 is 1.95 bits per heavy atom. The molecule has 0 unspecified atom stereocenters. The molecule has 0 aromatic heterocycles. The number of benzene rings is 2. The summed E-state index contributed by atoms with van der Waals surface area (Å²) < 4.78 is 18.5. The first kappa shape index (κ1) is 13.1. The Bertz CT molecular complexity index is 570. The van der Waals surface area contributed by atoms with Gasteiger partial charge >= 0.3 is 6.09 Å². The van der Waals surface area contributed by atoms with Gasteiger partial charge in [-0.25, -0.2) is 9.18 Å². The van der Waals surface area contributed by atoms with E-state index in [0.717, 1.165) is 11.1 Å². The number of hydrogen-bond acceptors (Lipinski definition) is 2. The van der Waals surface area contributed by atoms with Crippen molar-refractivity contribution in [2.24, 2.45) is 0 Å². The van der Waals surface area contributed by atoms with E-state index in [9.17, 15) is 9.18 Å². The lowest BCUT2D eigenvalue weighted by Gasteiger charge is -2.08. The lowest BCUT2D eigenvalue weighted by Crippen LogP contribution is -2.14. The molecule has 0 fully saturated rings. The van der Waals surface area contributed by atoms with Crippen molar-refractivity contribution in [3.05, 3.63) is 65.5 Å². The maximum Gasteiger partial charge on any atom is 0.412 e. The number of anilines is 1. The molecule has 3 nitrogen and oxygen atoms in total. The standard InChI is InChI=1S/C15H14FNO2/c1-11-7-8-14(13(16)9-11)17-15(18)19-10-12-5-3-2-4-6-12/h2-9H,10H2,1H3,(H,17,18). The second-order valence-electron chi connectivity index (χ2n) is 4.17. The summed E-state index contributed by atoms with van der Waals surface area (Å²) in [6, 6.07) is 13.9. The van der Waals surface area contributed by atoms with Gasteiger partial charge in [0.05, 0.1) is 5.69 Å². The van der Waals surface area contributed by atoms with Crippen LogP contribution >= 0.6 is 0 Å². The van der Waals surface area contributed by atoms with E-state index < -0.39 is 11.9 Å². The van der Waals surface area contributed by atoms with Crippen molar-refractivity contribution in [3.63, 3.8) is 0 Å². The quantitative estimate of drug-likeness (QED) is 0.908. The Labute approximate surface area is 111 Å². The number of nitrogens with one attached hydrogen (secondary N) is 1. The molecule has 2 rings (SSSR count). The van der Waals surface area contributed by atoms with Crippen LogP contribution in [0.2, 0.25) is 0 Å². The van der Waals surface area contributed by atoms with Gasteiger partial charge < -0.3 is 4.74 Å². The molecule has 2 aromatic carbocycles. The lowest BCUT2D eigenvalue weighted by molar-refractivity contribution is 0.155. The van der Waals surface area contributed by atoms with Crippen LogP contribution in [-0.4, -0.2) is 6.09 Å². The number of ether oxygens (including phenoxy) is 1. The monoisotopic (exact) mass is 259 g/mol. The van der Waals surface area contributed by atoms with Crippen molar-refractivity contribution in [1.29, 1.82) is 0 Å².